The molecule has 1 saturated heterocycles. The van der Waals surface area contributed by atoms with Crippen molar-refractivity contribution in [3.8, 4) is 11.5 Å². The fraction of sp³-hybridized carbons (Fsp3) is 0.381. The number of carbonyl (C=O) groups is 1. The van der Waals surface area contributed by atoms with Gasteiger partial charge in [-0.15, -0.1) is 0 Å². The second kappa shape index (κ2) is 9.24. The van der Waals surface area contributed by atoms with Crippen molar-refractivity contribution in [1.29, 1.82) is 0 Å². The first-order valence-electron chi connectivity index (χ1n) is 9.13. The van der Waals surface area contributed by atoms with E-state index in [0.29, 0.717) is 29.4 Å². The van der Waals surface area contributed by atoms with E-state index in [2.05, 4.69) is 21.2 Å². The molecule has 0 aliphatic carbocycles. The predicted molar refractivity (Wildman–Crippen MR) is 109 cm³/mol. The summed E-state index contributed by atoms with van der Waals surface area (Å²) in [5, 5.41) is 2.90. The average molecular weight is 434 g/mol. The van der Waals surface area contributed by atoms with Crippen molar-refractivity contribution in [2.75, 3.05) is 18.5 Å². The van der Waals surface area contributed by atoms with E-state index in [4.69, 9.17) is 14.2 Å². The highest BCUT2D eigenvalue weighted by Gasteiger charge is 2.16. The zero-order chi connectivity index (χ0) is 19.2. The van der Waals surface area contributed by atoms with Crippen molar-refractivity contribution < 1.29 is 19.0 Å². The van der Waals surface area contributed by atoms with Gasteiger partial charge in [-0.25, -0.2) is 0 Å². The van der Waals surface area contributed by atoms with E-state index in [9.17, 15) is 4.79 Å². The van der Waals surface area contributed by atoms with Crippen LogP contribution in [0.5, 0.6) is 11.5 Å². The predicted octanol–water partition coefficient (Wildman–Crippen LogP) is 5.05. The van der Waals surface area contributed by atoms with Crippen LogP contribution in [0.2, 0.25) is 0 Å². The molecule has 1 atom stereocenters. The molecule has 5 nitrogen and oxygen atoms in total. The monoisotopic (exact) mass is 433 g/mol. The molecule has 0 aromatic heterocycles. The van der Waals surface area contributed by atoms with Gasteiger partial charge >= 0.3 is 0 Å². The van der Waals surface area contributed by atoms with Crippen LogP contribution in [0.25, 0.3) is 0 Å². The molecule has 1 aliphatic rings. The van der Waals surface area contributed by atoms with Crippen LogP contribution in [0, 0.1) is 0 Å². The van der Waals surface area contributed by atoms with Crippen molar-refractivity contribution in [2.45, 2.75) is 38.9 Å². The van der Waals surface area contributed by atoms with Crippen LogP contribution in [0.1, 0.15) is 37.0 Å². The van der Waals surface area contributed by atoms with Gasteiger partial charge in [-0.2, -0.15) is 0 Å². The van der Waals surface area contributed by atoms with Crippen molar-refractivity contribution in [3.63, 3.8) is 0 Å². The number of nitrogens with one attached hydrogen (secondary N) is 1. The van der Waals surface area contributed by atoms with E-state index in [1.165, 1.54) is 0 Å². The van der Waals surface area contributed by atoms with Crippen LogP contribution in [0.15, 0.2) is 46.9 Å². The third-order valence-corrected chi connectivity index (χ3v) is 4.73. The molecule has 0 spiro atoms. The molecule has 27 heavy (non-hydrogen) atoms. The molecular weight excluding hydrogens is 410 g/mol. The molecule has 1 aliphatic heterocycles. The molecule has 144 valence electrons. The number of amides is 1. The van der Waals surface area contributed by atoms with Crippen LogP contribution < -0.4 is 14.8 Å². The lowest BCUT2D eigenvalue weighted by molar-refractivity contribution is 0.0680. The Morgan fingerprint density at radius 3 is 2.85 bits per heavy atom. The molecule has 1 amide bonds. The van der Waals surface area contributed by atoms with Crippen LogP contribution in [-0.2, 0) is 4.74 Å². The Hall–Kier alpha value is -2.05. The first-order chi connectivity index (χ1) is 13.0. The first kappa shape index (κ1) is 19.7. The minimum atomic E-state index is -0.192. The molecule has 2 aromatic rings. The van der Waals surface area contributed by atoms with Gasteiger partial charge in [0.05, 0.1) is 16.7 Å². The van der Waals surface area contributed by atoms with Crippen molar-refractivity contribution in [2.24, 2.45) is 0 Å². The maximum absolute atomic E-state index is 12.5. The van der Waals surface area contributed by atoms with Gasteiger partial charge < -0.3 is 19.5 Å². The summed E-state index contributed by atoms with van der Waals surface area (Å²) in [4.78, 5) is 12.5. The number of halogens is 1. The number of hydrogen-bond donors (Lipinski definition) is 1. The maximum Gasteiger partial charge on any atom is 0.255 e. The quantitative estimate of drug-likeness (QED) is 0.663. The number of benzene rings is 2. The Morgan fingerprint density at radius 1 is 1.30 bits per heavy atom. The largest absolute Gasteiger partial charge is 0.491 e. The van der Waals surface area contributed by atoms with Gasteiger partial charge in [-0.3, -0.25) is 4.79 Å². The summed E-state index contributed by atoms with van der Waals surface area (Å²) in [5.41, 5.74) is 1.23. The van der Waals surface area contributed by atoms with E-state index < -0.39 is 0 Å². The summed E-state index contributed by atoms with van der Waals surface area (Å²) in [6.07, 6.45) is 2.34. The third kappa shape index (κ3) is 5.71. The van der Waals surface area contributed by atoms with Gasteiger partial charge in [0.2, 0.25) is 0 Å². The minimum absolute atomic E-state index is 0.0679. The standard InChI is InChI=1S/C21H24BrNO4/c1-14(2)27-20-9-8-15(11-19(20)22)21(24)23-16-5-3-6-17(12-16)26-13-18-7-4-10-25-18/h3,5-6,8-9,11-12,14,18H,4,7,10,13H2,1-2H3,(H,23,24). The number of hydrogen-bond acceptors (Lipinski definition) is 4. The van der Waals surface area contributed by atoms with Gasteiger partial charge in [-0.05, 0) is 73.0 Å². The summed E-state index contributed by atoms with van der Waals surface area (Å²) < 4.78 is 17.8. The fourth-order valence-corrected chi connectivity index (χ4v) is 3.30. The van der Waals surface area contributed by atoms with Crippen LogP contribution >= 0.6 is 15.9 Å². The molecule has 0 radical (unpaired) electrons. The minimum Gasteiger partial charge on any atom is -0.491 e. The van der Waals surface area contributed by atoms with Crippen molar-refractivity contribution in [1.82, 2.24) is 0 Å². The molecule has 1 fully saturated rings. The lowest BCUT2D eigenvalue weighted by Crippen LogP contribution is -2.16. The zero-order valence-electron chi connectivity index (χ0n) is 15.5. The SMILES string of the molecule is CC(C)Oc1ccc(C(=O)Nc2cccc(OCC3CCCO3)c2)cc1Br. The van der Waals surface area contributed by atoms with Gasteiger partial charge in [-0.1, -0.05) is 6.07 Å². The van der Waals surface area contributed by atoms with Crippen LogP contribution in [0.3, 0.4) is 0 Å². The van der Waals surface area contributed by atoms with E-state index in [1.807, 2.05) is 38.1 Å². The number of carbonyl (C=O) groups excluding carboxylic acids is 1. The Morgan fingerprint density at radius 2 is 2.15 bits per heavy atom. The summed E-state index contributed by atoms with van der Waals surface area (Å²) in [6, 6.07) is 12.7. The van der Waals surface area contributed by atoms with E-state index >= 15 is 0 Å². The molecule has 6 heteroatoms. The Balaban J connectivity index is 1.61. The number of rotatable bonds is 7. The third-order valence-electron chi connectivity index (χ3n) is 4.11. The van der Waals surface area contributed by atoms with E-state index in [0.717, 1.165) is 23.9 Å². The van der Waals surface area contributed by atoms with E-state index in [1.54, 1.807) is 18.2 Å². The summed E-state index contributed by atoms with van der Waals surface area (Å²) in [7, 11) is 0. The molecule has 1 unspecified atom stereocenters. The van der Waals surface area contributed by atoms with Crippen LogP contribution in [0.4, 0.5) is 5.69 Å². The van der Waals surface area contributed by atoms with Gasteiger partial charge in [0.25, 0.3) is 5.91 Å². The number of ether oxygens (including phenoxy) is 3. The molecule has 0 saturated carbocycles. The van der Waals surface area contributed by atoms with Gasteiger partial charge in [0, 0.05) is 23.9 Å². The lowest BCUT2D eigenvalue weighted by Gasteiger charge is -2.13. The normalized spacial score (nSPS) is 16.4. The van der Waals surface area contributed by atoms with Crippen molar-refractivity contribution >= 4 is 27.5 Å². The summed E-state index contributed by atoms with van der Waals surface area (Å²) in [6.45, 7) is 5.25. The lowest BCUT2D eigenvalue weighted by atomic mass is 10.2. The second-order valence-corrected chi connectivity index (χ2v) is 7.59. The second-order valence-electron chi connectivity index (χ2n) is 6.74. The van der Waals surface area contributed by atoms with Crippen LogP contribution in [-0.4, -0.2) is 31.3 Å². The van der Waals surface area contributed by atoms with Gasteiger partial charge in [0.1, 0.15) is 18.1 Å². The fourth-order valence-electron chi connectivity index (χ4n) is 2.82. The highest BCUT2D eigenvalue weighted by molar-refractivity contribution is 9.10. The first-order valence-corrected chi connectivity index (χ1v) is 9.92. The summed E-state index contributed by atoms with van der Waals surface area (Å²) >= 11 is 3.46. The topological polar surface area (TPSA) is 56.8 Å². The van der Waals surface area contributed by atoms with E-state index in [-0.39, 0.29) is 18.1 Å². The molecule has 2 aromatic carbocycles. The highest BCUT2D eigenvalue weighted by atomic mass is 79.9. The van der Waals surface area contributed by atoms with Gasteiger partial charge in [0.15, 0.2) is 0 Å². The number of anilines is 1. The smallest absolute Gasteiger partial charge is 0.255 e. The molecule has 0 bridgehead atoms. The Labute approximate surface area is 168 Å². The molecule has 1 heterocycles. The maximum atomic E-state index is 12.5. The molecule has 3 rings (SSSR count). The average Bonchev–Trinajstić information content (AvgIpc) is 3.15. The zero-order valence-corrected chi connectivity index (χ0v) is 17.1. The Bertz CT molecular complexity index is 788. The molecular formula is C21H24BrNO4. The van der Waals surface area contributed by atoms with Crippen molar-refractivity contribution in [3.05, 3.63) is 52.5 Å². The highest BCUT2D eigenvalue weighted by Crippen LogP contribution is 2.27. The molecule has 1 N–H and O–H groups in total. The Kier molecular flexibility index (Phi) is 6.74. The summed E-state index contributed by atoms with van der Waals surface area (Å²) in [5.74, 6) is 1.24.